The minimum absolute atomic E-state index is 0.0448. The van der Waals surface area contributed by atoms with Crippen LogP contribution in [0.3, 0.4) is 0 Å². The molecule has 5 heteroatoms. The molecule has 0 radical (unpaired) electrons. The first-order chi connectivity index (χ1) is 8.97. The van der Waals surface area contributed by atoms with E-state index < -0.39 is 5.92 Å². The van der Waals surface area contributed by atoms with Crippen LogP contribution in [0.1, 0.15) is 24.5 Å². The smallest absolute Gasteiger partial charge is 0.270 e. The van der Waals surface area contributed by atoms with Gasteiger partial charge < -0.3 is 10.2 Å². The lowest BCUT2D eigenvalue weighted by Crippen LogP contribution is -2.41. The summed E-state index contributed by atoms with van der Waals surface area (Å²) in [6.07, 6.45) is 1.07. The van der Waals surface area contributed by atoms with Crippen molar-refractivity contribution in [1.29, 1.82) is 0 Å². The molecule has 3 nitrogen and oxygen atoms in total. The van der Waals surface area contributed by atoms with Crippen molar-refractivity contribution in [3.8, 4) is 0 Å². The van der Waals surface area contributed by atoms with E-state index in [1.807, 2.05) is 7.05 Å². The van der Waals surface area contributed by atoms with Crippen LogP contribution < -0.4 is 5.32 Å². The monoisotopic (exact) mass is 267 g/mol. The Bertz CT molecular complexity index is 449. The van der Waals surface area contributed by atoms with E-state index in [0.29, 0.717) is 6.54 Å². The van der Waals surface area contributed by atoms with Gasteiger partial charge in [0, 0.05) is 39.2 Å². The van der Waals surface area contributed by atoms with Gasteiger partial charge in [0.05, 0.1) is 0 Å². The average Bonchev–Trinajstić information content (AvgIpc) is 2.37. The van der Waals surface area contributed by atoms with E-state index in [1.54, 1.807) is 12.1 Å². The second-order valence-electron chi connectivity index (χ2n) is 4.92. The maximum Gasteiger partial charge on any atom is 0.270 e. The zero-order valence-corrected chi connectivity index (χ0v) is 11.3. The van der Waals surface area contributed by atoms with Crippen LogP contribution >= 0.6 is 0 Å². The van der Waals surface area contributed by atoms with Crippen molar-refractivity contribution in [3.63, 3.8) is 0 Å². The molecule has 104 valence electrons. The number of nitrogens with one attached hydrogen (secondary N) is 1. The number of benzene rings is 1. The fourth-order valence-electron chi connectivity index (χ4n) is 2.01. The summed E-state index contributed by atoms with van der Waals surface area (Å²) in [6.45, 7) is 3.34. The van der Waals surface area contributed by atoms with Gasteiger partial charge in [-0.2, -0.15) is 0 Å². The van der Waals surface area contributed by atoms with Gasteiger partial charge in [0.2, 0.25) is 0 Å². The first-order valence-electron chi connectivity index (χ1n) is 6.43. The van der Waals surface area contributed by atoms with Crippen molar-refractivity contribution >= 4 is 5.96 Å². The quantitative estimate of drug-likeness (QED) is 0.911. The molecule has 0 spiro atoms. The van der Waals surface area contributed by atoms with E-state index >= 15 is 0 Å². The van der Waals surface area contributed by atoms with E-state index in [9.17, 15) is 8.78 Å². The van der Waals surface area contributed by atoms with Crippen molar-refractivity contribution in [2.24, 2.45) is 4.99 Å². The Hall–Kier alpha value is -1.65. The van der Waals surface area contributed by atoms with Crippen LogP contribution in [0.4, 0.5) is 8.78 Å². The molecular weight excluding hydrogens is 248 g/mol. The van der Waals surface area contributed by atoms with Crippen LogP contribution in [0.5, 0.6) is 0 Å². The second kappa shape index (κ2) is 5.55. The number of guanidine groups is 1. The molecule has 0 aliphatic carbocycles. The Morgan fingerprint density at radius 3 is 2.58 bits per heavy atom. The van der Waals surface area contributed by atoms with Gasteiger partial charge >= 0.3 is 0 Å². The summed E-state index contributed by atoms with van der Waals surface area (Å²) >= 11 is 0. The molecule has 2 rings (SSSR count). The van der Waals surface area contributed by atoms with Gasteiger partial charge in [0.25, 0.3) is 5.92 Å². The number of nitrogens with zero attached hydrogens (tertiary/aromatic N) is 2. The fraction of sp³-hybridized carbons (Fsp3) is 0.500. The number of aliphatic imine (C=N–C) groups is 1. The molecule has 19 heavy (non-hydrogen) atoms. The zero-order valence-electron chi connectivity index (χ0n) is 11.3. The summed E-state index contributed by atoms with van der Waals surface area (Å²) in [5.74, 6) is -1.91. The summed E-state index contributed by atoms with van der Waals surface area (Å²) in [6, 6.07) is 6.40. The van der Waals surface area contributed by atoms with E-state index in [2.05, 4.69) is 15.2 Å². The molecule has 1 N–H and O–H groups in total. The molecule has 1 aliphatic heterocycles. The molecule has 0 bridgehead atoms. The minimum atomic E-state index is -2.78. The Kier molecular flexibility index (Phi) is 4.02. The first-order valence-corrected chi connectivity index (χ1v) is 6.43. The van der Waals surface area contributed by atoms with Crippen LogP contribution in [-0.2, 0) is 12.5 Å². The van der Waals surface area contributed by atoms with Crippen LogP contribution in [0.15, 0.2) is 29.3 Å². The molecule has 1 aromatic carbocycles. The largest absolute Gasteiger partial charge is 0.352 e. The predicted octanol–water partition coefficient (Wildman–Crippen LogP) is 2.58. The normalized spacial score (nSPS) is 16.2. The molecule has 0 fully saturated rings. The highest BCUT2D eigenvalue weighted by atomic mass is 19.3. The molecule has 0 unspecified atom stereocenters. The molecule has 1 aromatic rings. The SMILES string of the molecule is CN1CCCN=C1NCc1ccc(C(C)(F)F)cc1. The number of hydrogen-bond donors (Lipinski definition) is 1. The third kappa shape index (κ3) is 3.66. The van der Waals surface area contributed by atoms with E-state index in [0.717, 1.165) is 38.0 Å². The summed E-state index contributed by atoms with van der Waals surface area (Å²) < 4.78 is 26.1. The number of rotatable bonds is 3. The van der Waals surface area contributed by atoms with Gasteiger partial charge in [-0.3, -0.25) is 4.99 Å². The van der Waals surface area contributed by atoms with Crippen molar-refractivity contribution in [2.75, 3.05) is 20.1 Å². The number of halogens is 2. The van der Waals surface area contributed by atoms with Gasteiger partial charge in [-0.15, -0.1) is 0 Å². The highest BCUT2D eigenvalue weighted by Crippen LogP contribution is 2.26. The standard InChI is InChI=1S/C14H19F2N3/c1-14(15,16)12-6-4-11(5-7-12)10-18-13-17-8-3-9-19(13)2/h4-7H,3,8-10H2,1-2H3,(H,17,18). The lowest BCUT2D eigenvalue weighted by Gasteiger charge is -2.25. The topological polar surface area (TPSA) is 27.6 Å². The van der Waals surface area contributed by atoms with Crippen LogP contribution in [0.2, 0.25) is 0 Å². The maximum atomic E-state index is 13.1. The minimum Gasteiger partial charge on any atom is -0.352 e. The van der Waals surface area contributed by atoms with Crippen LogP contribution in [0.25, 0.3) is 0 Å². The predicted molar refractivity (Wildman–Crippen MR) is 72.4 cm³/mol. The Morgan fingerprint density at radius 1 is 1.32 bits per heavy atom. The van der Waals surface area contributed by atoms with Gasteiger partial charge in [-0.1, -0.05) is 24.3 Å². The van der Waals surface area contributed by atoms with Crippen molar-refractivity contribution < 1.29 is 8.78 Å². The Labute approximate surface area is 112 Å². The van der Waals surface area contributed by atoms with Gasteiger partial charge in [0.1, 0.15) is 0 Å². The highest BCUT2D eigenvalue weighted by molar-refractivity contribution is 5.80. The van der Waals surface area contributed by atoms with E-state index in [4.69, 9.17) is 0 Å². The van der Waals surface area contributed by atoms with Gasteiger partial charge in [-0.05, 0) is 12.0 Å². The summed E-state index contributed by atoms with van der Waals surface area (Å²) in [7, 11) is 1.99. The van der Waals surface area contributed by atoms with Crippen LogP contribution in [0, 0.1) is 0 Å². The highest BCUT2D eigenvalue weighted by Gasteiger charge is 2.23. The maximum absolute atomic E-state index is 13.1. The molecule has 0 aromatic heterocycles. The molecule has 1 aliphatic rings. The Morgan fingerprint density at radius 2 is 2.00 bits per heavy atom. The van der Waals surface area contributed by atoms with E-state index in [-0.39, 0.29) is 5.56 Å². The number of hydrogen-bond acceptors (Lipinski definition) is 3. The zero-order chi connectivity index (χ0) is 13.9. The number of alkyl halides is 2. The first kappa shape index (κ1) is 13.8. The molecule has 0 atom stereocenters. The lowest BCUT2D eigenvalue weighted by molar-refractivity contribution is 0.0174. The molecule has 0 saturated carbocycles. The van der Waals surface area contributed by atoms with Crippen molar-refractivity contribution in [1.82, 2.24) is 10.2 Å². The summed E-state index contributed by atoms with van der Waals surface area (Å²) in [5, 5.41) is 3.23. The molecule has 1 heterocycles. The Balaban J connectivity index is 1.95. The third-order valence-electron chi connectivity index (χ3n) is 3.19. The summed E-state index contributed by atoms with van der Waals surface area (Å²) in [5.41, 5.74) is 1.01. The van der Waals surface area contributed by atoms with Crippen molar-refractivity contribution in [2.45, 2.75) is 25.8 Å². The lowest BCUT2D eigenvalue weighted by atomic mass is 10.1. The van der Waals surface area contributed by atoms with Crippen LogP contribution in [-0.4, -0.2) is 31.0 Å². The molecular formula is C14H19F2N3. The molecule has 0 saturated heterocycles. The van der Waals surface area contributed by atoms with E-state index in [1.165, 1.54) is 12.1 Å². The van der Waals surface area contributed by atoms with Gasteiger partial charge in [-0.25, -0.2) is 8.78 Å². The second-order valence-corrected chi connectivity index (χ2v) is 4.92. The average molecular weight is 267 g/mol. The van der Waals surface area contributed by atoms with Crippen molar-refractivity contribution in [3.05, 3.63) is 35.4 Å². The van der Waals surface area contributed by atoms with Gasteiger partial charge in [0.15, 0.2) is 5.96 Å². The third-order valence-corrected chi connectivity index (χ3v) is 3.19. The molecule has 0 amide bonds. The fourth-order valence-corrected chi connectivity index (χ4v) is 2.01. The summed E-state index contributed by atoms with van der Waals surface area (Å²) in [4.78, 5) is 6.46.